The van der Waals surface area contributed by atoms with E-state index in [4.69, 9.17) is 5.73 Å². The van der Waals surface area contributed by atoms with Crippen LogP contribution in [0.25, 0.3) is 27.9 Å². The molecule has 1 aromatic carbocycles. The van der Waals surface area contributed by atoms with E-state index >= 15 is 0 Å². The number of hydrogen-bond acceptors (Lipinski definition) is 3. The zero-order valence-corrected chi connectivity index (χ0v) is 14.7. The molecule has 0 spiro atoms. The van der Waals surface area contributed by atoms with Crippen LogP contribution in [0.4, 0.5) is 5.82 Å². The minimum absolute atomic E-state index is 0. The smallest absolute Gasteiger partial charge is 0.508 e. The second kappa shape index (κ2) is 5.48. The number of benzene rings is 1. The predicted octanol–water partition coefficient (Wildman–Crippen LogP) is 0.0182. The summed E-state index contributed by atoms with van der Waals surface area (Å²) in [5.74, 6) is 0.388. The van der Waals surface area contributed by atoms with Crippen LogP contribution in [0.3, 0.4) is 0 Å². The van der Waals surface area contributed by atoms with Crippen molar-refractivity contribution in [1.29, 1.82) is 0 Å². The van der Waals surface area contributed by atoms with Crippen LogP contribution in [0.2, 0.25) is 0 Å². The molecule has 0 aliphatic rings. The van der Waals surface area contributed by atoms with Crippen molar-refractivity contribution in [3.8, 4) is 17.0 Å². The summed E-state index contributed by atoms with van der Waals surface area (Å²) in [6.07, 6.45) is 1.57. The molecular weight excluding hydrogens is 302 g/mol. The van der Waals surface area contributed by atoms with Crippen molar-refractivity contribution in [2.45, 2.75) is 0 Å². The van der Waals surface area contributed by atoms with Gasteiger partial charge in [-0.15, -0.1) is 0 Å². The first-order valence-electron chi connectivity index (χ1n) is 5.09. The molecule has 2 heterocycles. The number of nitrogens with one attached hydrogen (secondary N) is 2. The normalized spacial score (nSPS) is 10.2. The fraction of sp³-hybridized carbons (Fsp3) is 0. The Bertz CT molecular complexity index is 695. The van der Waals surface area contributed by atoms with Crippen LogP contribution in [-0.2, 0) is 0 Å². The van der Waals surface area contributed by atoms with Gasteiger partial charge in [-0.25, -0.2) is 0 Å². The van der Waals surface area contributed by atoms with Gasteiger partial charge in [0, 0.05) is 10.9 Å². The molecule has 0 saturated carbocycles. The Morgan fingerprint density at radius 2 is 2.00 bits per heavy atom. The van der Waals surface area contributed by atoms with Gasteiger partial charge < -0.3 is 15.8 Å². The number of aromatic amines is 1. The number of phenols is 1. The molecule has 0 amide bonds. The third-order valence-electron chi connectivity index (χ3n) is 2.58. The van der Waals surface area contributed by atoms with Gasteiger partial charge in [0.15, 0.2) is 0 Å². The summed E-state index contributed by atoms with van der Waals surface area (Å²) in [5.41, 5.74) is 9.86. The molecule has 0 unspecified atom stereocenters. The van der Waals surface area contributed by atoms with Crippen molar-refractivity contribution < 1.29 is 63.3 Å². The molecule has 0 saturated heterocycles. The molecule has 3 rings (SSSR count). The van der Waals surface area contributed by atoms with E-state index < -0.39 is 0 Å². The Labute approximate surface area is 152 Å². The molecule has 84 valence electrons. The molecule has 0 radical (unpaired) electrons. The van der Waals surface area contributed by atoms with Gasteiger partial charge >= 0.3 is 58.2 Å². The first-order chi connectivity index (χ1) is 8.24. The monoisotopic (exact) mass is 310 g/mol. The molecule has 2 aromatic heterocycles. The molecule has 0 aliphatic heterocycles. The molecule has 0 aliphatic carbocycles. The van der Waals surface area contributed by atoms with E-state index in [1.165, 1.54) is 0 Å². The summed E-state index contributed by atoms with van der Waals surface area (Å²) in [4.78, 5) is 3.83. The maximum atomic E-state index is 9.48. The van der Waals surface area contributed by atoms with E-state index in [0.29, 0.717) is 5.69 Å². The molecule has 0 bridgehead atoms. The first kappa shape index (κ1) is 13.7. The van der Waals surface area contributed by atoms with Crippen LogP contribution >= 0.6 is 0 Å². The van der Waals surface area contributed by atoms with Crippen molar-refractivity contribution in [3.63, 3.8) is 0 Å². The summed E-state index contributed by atoms with van der Waals surface area (Å²) in [7, 11) is 0. The molecular formula is C12H9N4ORb. The van der Waals surface area contributed by atoms with E-state index in [1.54, 1.807) is 36.5 Å². The van der Waals surface area contributed by atoms with E-state index in [9.17, 15) is 5.11 Å². The number of aromatic nitrogens is 3. The number of hydrogen-bond donors (Lipinski definition) is 2. The van der Waals surface area contributed by atoms with E-state index in [0.717, 1.165) is 16.5 Å². The summed E-state index contributed by atoms with van der Waals surface area (Å²) >= 11 is 0. The van der Waals surface area contributed by atoms with Gasteiger partial charge in [0.25, 0.3) is 0 Å². The van der Waals surface area contributed by atoms with Gasteiger partial charge in [-0.1, -0.05) is 24.1 Å². The van der Waals surface area contributed by atoms with Gasteiger partial charge in [0.1, 0.15) is 11.4 Å². The van der Waals surface area contributed by atoms with Crippen molar-refractivity contribution in [3.05, 3.63) is 42.3 Å². The van der Waals surface area contributed by atoms with Gasteiger partial charge in [-0.05, 0) is 18.2 Å². The van der Waals surface area contributed by atoms with Crippen molar-refractivity contribution in [1.82, 2.24) is 15.2 Å². The minimum atomic E-state index is 0. The predicted molar refractivity (Wildman–Crippen MR) is 65.0 cm³/mol. The van der Waals surface area contributed by atoms with Crippen LogP contribution < -0.4 is 58.2 Å². The van der Waals surface area contributed by atoms with Gasteiger partial charge in [0.2, 0.25) is 0 Å². The van der Waals surface area contributed by atoms with Crippen LogP contribution in [0, 0.1) is 0 Å². The topological polar surface area (TPSA) is 85.6 Å². The summed E-state index contributed by atoms with van der Waals surface area (Å²) in [6, 6.07) is 8.45. The SMILES string of the molecule is [NH-]c1cc(-c2n[nH]c3ccc(O)cc23)ccn1.[Rb+]. The second-order valence-corrected chi connectivity index (χ2v) is 3.73. The van der Waals surface area contributed by atoms with E-state index in [1.807, 2.05) is 0 Å². The number of aromatic hydroxyl groups is 1. The Balaban J connectivity index is 0.00000120. The Kier molecular flexibility index (Phi) is 4.16. The Morgan fingerprint density at radius 3 is 2.78 bits per heavy atom. The standard InChI is InChI=1S/C12H9N4O.Rb/c13-11-5-7(3-4-14-11)12-9-6-8(17)1-2-10(9)15-16-12;/h1-6H,(H3-,13,14,15,16,17);/q-1;+1. The van der Waals surface area contributed by atoms with E-state index in [-0.39, 0.29) is 69.8 Å². The molecule has 3 N–H and O–H groups in total. The number of nitrogens with zero attached hydrogens (tertiary/aromatic N) is 2. The van der Waals surface area contributed by atoms with Crippen LogP contribution in [0.5, 0.6) is 5.75 Å². The van der Waals surface area contributed by atoms with Gasteiger partial charge in [-0.2, -0.15) is 5.10 Å². The Hall–Kier alpha value is -0.755. The third kappa shape index (κ3) is 2.49. The minimum Gasteiger partial charge on any atom is -0.508 e. The van der Waals surface area contributed by atoms with Crippen molar-refractivity contribution in [2.75, 3.05) is 0 Å². The summed E-state index contributed by atoms with van der Waals surface area (Å²) in [6.45, 7) is 0. The summed E-state index contributed by atoms with van der Waals surface area (Å²) in [5, 5.41) is 17.4. The van der Waals surface area contributed by atoms with Crippen LogP contribution in [0.15, 0.2) is 36.5 Å². The van der Waals surface area contributed by atoms with Crippen LogP contribution in [0.1, 0.15) is 0 Å². The number of rotatable bonds is 1. The number of phenolic OH excluding ortho intramolecular Hbond substituents is 1. The Morgan fingerprint density at radius 1 is 1.17 bits per heavy atom. The van der Waals surface area contributed by atoms with Crippen LogP contribution in [-0.4, -0.2) is 20.3 Å². The number of H-pyrrole nitrogens is 1. The summed E-state index contributed by atoms with van der Waals surface area (Å²) < 4.78 is 0. The molecule has 5 nitrogen and oxygen atoms in total. The van der Waals surface area contributed by atoms with Crippen molar-refractivity contribution >= 4 is 16.7 Å². The number of fused-ring (bicyclic) bond motifs is 1. The average Bonchev–Trinajstić information content (AvgIpc) is 2.71. The van der Waals surface area contributed by atoms with Gasteiger partial charge in [0.05, 0.1) is 5.52 Å². The first-order valence-corrected chi connectivity index (χ1v) is 5.09. The number of pyridine rings is 1. The maximum Gasteiger partial charge on any atom is 1.00 e. The quantitative estimate of drug-likeness (QED) is 0.664. The largest absolute Gasteiger partial charge is 1.00 e. The average molecular weight is 311 g/mol. The molecule has 3 aromatic rings. The maximum absolute atomic E-state index is 9.48. The fourth-order valence-electron chi connectivity index (χ4n) is 1.80. The zero-order chi connectivity index (χ0) is 11.8. The molecule has 0 atom stereocenters. The third-order valence-corrected chi connectivity index (χ3v) is 2.58. The van der Waals surface area contributed by atoms with Crippen molar-refractivity contribution in [2.24, 2.45) is 0 Å². The molecule has 18 heavy (non-hydrogen) atoms. The zero-order valence-electron chi connectivity index (χ0n) is 9.81. The second-order valence-electron chi connectivity index (χ2n) is 3.73. The van der Waals surface area contributed by atoms with E-state index in [2.05, 4.69) is 15.2 Å². The molecule has 0 fully saturated rings. The fourth-order valence-corrected chi connectivity index (χ4v) is 1.80. The molecule has 6 heteroatoms. The van der Waals surface area contributed by atoms with Gasteiger partial charge in [-0.3, -0.25) is 5.10 Å².